The van der Waals surface area contributed by atoms with Gasteiger partial charge >= 0.3 is 0 Å². The molecule has 0 fully saturated rings. The fourth-order valence-electron chi connectivity index (χ4n) is 1.44. The molecule has 1 aliphatic heterocycles. The summed E-state index contributed by atoms with van der Waals surface area (Å²) in [6.07, 6.45) is 0. The topological polar surface area (TPSA) is 70.6 Å². The van der Waals surface area contributed by atoms with Gasteiger partial charge in [-0.2, -0.15) is 5.10 Å². The van der Waals surface area contributed by atoms with Crippen LogP contribution >= 0.6 is 34.8 Å². The minimum absolute atomic E-state index is 0.385. The summed E-state index contributed by atoms with van der Waals surface area (Å²) >= 11 is 17.2. The molecule has 0 spiro atoms. The zero-order valence-electron chi connectivity index (χ0n) is 8.55. The van der Waals surface area contributed by atoms with Crippen LogP contribution in [0.4, 0.5) is 0 Å². The van der Waals surface area contributed by atoms with Crippen LogP contribution in [0, 0.1) is 5.92 Å². The van der Waals surface area contributed by atoms with Gasteiger partial charge in [0.2, 0.25) is 9.70 Å². The fourth-order valence-corrected chi connectivity index (χ4v) is 1.98. The van der Waals surface area contributed by atoms with Gasteiger partial charge in [0, 0.05) is 12.6 Å². The molecular weight excluding hydrogens is 276 g/mol. The van der Waals surface area contributed by atoms with Crippen LogP contribution in [-0.2, 0) is 9.59 Å². The highest BCUT2D eigenvalue weighted by atomic mass is 35.6. The number of nitrogens with one attached hydrogen (secondary N) is 2. The second kappa shape index (κ2) is 4.77. The van der Waals surface area contributed by atoms with Crippen LogP contribution in [0.5, 0.6) is 0 Å². The van der Waals surface area contributed by atoms with E-state index in [0.717, 1.165) is 0 Å². The second-order valence-electron chi connectivity index (χ2n) is 3.43. The van der Waals surface area contributed by atoms with Gasteiger partial charge < -0.3 is 5.32 Å². The van der Waals surface area contributed by atoms with Gasteiger partial charge in [-0.15, -0.1) is 0 Å². The Kier molecular flexibility index (Phi) is 4.04. The third-order valence-electron chi connectivity index (χ3n) is 2.12. The van der Waals surface area contributed by atoms with Crippen molar-refractivity contribution in [3.63, 3.8) is 0 Å². The first-order valence-corrected chi connectivity index (χ1v) is 5.54. The third kappa shape index (κ3) is 2.99. The fraction of sp³-hybridized carbons (Fsp3) is 0.625. The van der Waals surface area contributed by atoms with Gasteiger partial charge in [-0.1, -0.05) is 34.8 Å². The van der Waals surface area contributed by atoms with Crippen molar-refractivity contribution in [1.82, 2.24) is 10.7 Å². The number of alkyl halides is 3. The molecule has 8 heteroatoms. The molecule has 0 saturated carbocycles. The predicted octanol–water partition coefficient (Wildman–Crippen LogP) is 0.983. The van der Waals surface area contributed by atoms with E-state index in [2.05, 4.69) is 15.8 Å². The van der Waals surface area contributed by atoms with Gasteiger partial charge in [0.1, 0.15) is 5.92 Å². The zero-order valence-corrected chi connectivity index (χ0v) is 10.8. The van der Waals surface area contributed by atoms with Crippen LogP contribution in [-0.4, -0.2) is 27.4 Å². The van der Waals surface area contributed by atoms with E-state index >= 15 is 0 Å². The molecule has 0 aliphatic carbocycles. The molecule has 0 aromatic heterocycles. The van der Waals surface area contributed by atoms with Crippen molar-refractivity contribution in [3.05, 3.63) is 0 Å². The van der Waals surface area contributed by atoms with Crippen molar-refractivity contribution < 1.29 is 9.59 Å². The standard InChI is InChI=1S/C8H10Cl3N3O2/c1-3-5(7(16)14-13-3)6(8(9,10)11)12-4(2)15/h5-6H,1-2H3,(H,12,15)(H,14,16)/t5-,6+/m0/s1. The number of hydrogen-bond acceptors (Lipinski definition) is 3. The summed E-state index contributed by atoms with van der Waals surface area (Å²) in [7, 11) is 0. The zero-order chi connectivity index (χ0) is 12.5. The van der Waals surface area contributed by atoms with Gasteiger partial charge in [-0.05, 0) is 6.92 Å². The molecule has 2 atom stereocenters. The monoisotopic (exact) mass is 285 g/mol. The summed E-state index contributed by atoms with van der Waals surface area (Å²) in [5.41, 5.74) is 2.73. The van der Waals surface area contributed by atoms with Crippen LogP contribution < -0.4 is 10.7 Å². The molecule has 0 aromatic carbocycles. The van der Waals surface area contributed by atoms with Crippen LogP contribution in [0.25, 0.3) is 0 Å². The maximum atomic E-state index is 11.5. The molecule has 0 bridgehead atoms. The van der Waals surface area contributed by atoms with E-state index in [-0.39, 0.29) is 5.91 Å². The quantitative estimate of drug-likeness (QED) is 0.743. The summed E-state index contributed by atoms with van der Waals surface area (Å²) in [5.74, 6) is -1.55. The van der Waals surface area contributed by atoms with Gasteiger partial charge in [-0.25, -0.2) is 5.43 Å². The molecule has 0 unspecified atom stereocenters. The summed E-state index contributed by atoms with van der Waals surface area (Å²) < 4.78 is -1.78. The van der Waals surface area contributed by atoms with E-state index in [1.807, 2.05) is 0 Å². The van der Waals surface area contributed by atoms with Crippen LogP contribution in [0.1, 0.15) is 13.8 Å². The Morgan fingerprint density at radius 1 is 1.56 bits per heavy atom. The second-order valence-corrected chi connectivity index (χ2v) is 5.80. The number of nitrogens with zero attached hydrogens (tertiary/aromatic N) is 1. The predicted molar refractivity (Wildman–Crippen MR) is 62.6 cm³/mol. The SMILES string of the molecule is CC(=O)N[C@H]([C@H]1C(=O)NN=C1C)C(Cl)(Cl)Cl. The summed E-state index contributed by atoms with van der Waals surface area (Å²) in [4.78, 5) is 22.5. The molecule has 2 N–H and O–H groups in total. The minimum atomic E-state index is -1.78. The largest absolute Gasteiger partial charge is 0.348 e. The average Bonchev–Trinajstić information content (AvgIpc) is 2.41. The smallest absolute Gasteiger partial charge is 0.251 e. The highest BCUT2D eigenvalue weighted by Crippen LogP contribution is 2.35. The average molecular weight is 287 g/mol. The number of halogens is 3. The van der Waals surface area contributed by atoms with Crippen LogP contribution in [0.2, 0.25) is 0 Å². The summed E-state index contributed by atoms with van der Waals surface area (Å²) in [6.45, 7) is 2.90. The van der Waals surface area contributed by atoms with Crippen molar-refractivity contribution in [3.8, 4) is 0 Å². The van der Waals surface area contributed by atoms with E-state index in [9.17, 15) is 9.59 Å². The van der Waals surface area contributed by atoms with Gasteiger partial charge in [0.05, 0.1) is 6.04 Å². The van der Waals surface area contributed by atoms with Crippen molar-refractivity contribution in [1.29, 1.82) is 0 Å². The first-order valence-electron chi connectivity index (χ1n) is 4.41. The van der Waals surface area contributed by atoms with Crippen molar-refractivity contribution in [2.75, 3.05) is 0 Å². The highest BCUT2D eigenvalue weighted by Gasteiger charge is 2.46. The normalized spacial score (nSPS) is 22.4. The molecule has 5 nitrogen and oxygen atoms in total. The Bertz CT molecular complexity index is 351. The first kappa shape index (κ1) is 13.5. The molecule has 1 heterocycles. The van der Waals surface area contributed by atoms with E-state index in [0.29, 0.717) is 5.71 Å². The Hall–Kier alpha value is -0.520. The van der Waals surface area contributed by atoms with Crippen molar-refractivity contribution in [2.45, 2.75) is 23.7 Å². The Balaban J connectivity index is 2.97. The molecule has 2 amide bonds. The molecular formula is C8H10Cl3N3O2. The van der Waals surface area contributed by atoms with Crippen molar-refractivity contribution >= 4 is 52.3 Å². The number of hydrogen-bond donors (Lipinski definition) is 2. The molecule has 16 heavy (non-hydrogen) atoms. The lowest BCUT2D eigenvalue weighted by Crippen LogP contribution is -2.52. The number of rotatable bonds is 2. The van der Waals surface area contributed by atoms with Gasteiger partial charge in [0.15, 0.2) is 0 Å². The summed E-state index contributed by atoms with van der Waals surface area (Å²) in [5, 5.41) is 6.18. The van der Waals surface area contributed by atoms with Crippen LogP contribution in [0.15, 0.2) is 5.10 Å². The van der Waals surface area contributed by atoms with E-state index in [4.69, 9.17) is 34.8 Å². The number of amides is 2. The lowest BCUT2D eigenvalue weighted by atomic mass is 9.96. The molecule has 1 aliphatic rings. The Morgan fingerprint density at radius 2 is 2.12 bits per heavy atom. The number of carbonyl (C=O) groups excluding carboxylic acids is 2. The molecule has 0 aromatic rings. The molecule has 1 rings (SSSR count). The maximum Gasteiger partial charge on any atom is 0.251 e. The summed E-state index contributed by atoms with van der Waals surface area (Å²) in [6, 6.07) is -0.943. The van der Waals surface area contributed by atoms with E-state index in [1.54, 1.807) is 6.92 Å². The van der Waals surface area contributed by atoms with Crippen LogP contribution in [0.3, 0.4) is 0 Å². The number of carbonyl (C=O) groups is 2. The third-order valence-corrected chi connectivity index (χ3v) is 2.83. The van der Waals surface area contributed by atoms with Crippen molar-refractivity contribution in [2.24, 2.45) is 11.0 Å². The number of hydrazone groups is 1. The van der Waals surface area contributed by atoms with E-state index in [1.165, 1.54) is 6.92 Å². The van der Waals surface area contributed by atoms with E-state index < -0.39 is 21.7 Å². The first-order chi connectivity index (χ1) is 7.23. The highest BCUT2D eigenvalue weighted by molar-refractivity contribution is 6.68. The van der Waals surface area contributed by atoms with Gasteiger partial charge in [0.25, 0.3) is 5.91 Å². The lowest BCUT2D eigenvalue weighted by molar-refractivity contribution is -0.123. The molecule has 0 saturated heterocycles. The Morgan fingerprint density at radius 3 is 2.44 bits per heavy atom. The molecule has 90 valence electrons. The lowest BCUT2D eigenvalue weighted by Gasteiger charge is -2.28. The maximum absolute atomic E-state index is 11.5. The van der Waals surface area contributed by atoms with Gasteiger partial charge in [-0.3, -0.25) is 9.59 Å². The molecule has 0 radical (unpaired) electrons. The Labute approximate surface area is 107 Å². The minimum Gasteiger partial charge on any atom is -0.348 e.